The second kappa shape index (κ2) is 13.7. The molecular weight excluding hydrogens is 506 g/mol. The molecule has 0 radical (unpaired) electrons. The first-order valence-corrected chi connectivity index (χ1v) is 13.5. The molecule has 2 aromatic carbocycles. The van der Waals surface area contributed by atoms with Crippen molar-refractivity contribution in [1.82, 2.24) is 15.5 Å². The Morgan fingerprint density at radius 3 is 2.18 bits per heavy atom. The van der Waals surface area contributed by atoms with Gasteiger partial charge in [-0.25, -0.2) is 0 Å². The molecule has 0 aliphatic heterocycles. The van der Waals surface area contributed by atoms with Crippen molar-refractivity contribution in [2.24, 2.45) is 0 Å². The summed E-state index contributed by atoms with van der Waals surface area (Å²) < 4.78 is 17.0. The van der Waals surface area contributed by atoms with E-state index < -0.39 is 6.04 Å². The number of nitrogens with zero attached hydrogens (tertiary/aromatic N) is 1. The molecule has 1 aliphatic carbocycles. The van der Waals surface area contributed by atoms with E-state index in [4.69, 9.17) is 25.8 Å². The molecule has 2 amide bonds. The smallest absolute Gasteiger partial charge is 0.252 e. The summed E-state index contributed by atoms with van der Waals surface area (Å²) in [6.07, 6.45) is 5.71. The van der Waals surface area contributed by atoms with Gasteiger partial charge in [0.05, 0.1) is 14.2 Å². The van der Waals surface area contributed by atoms with Gasteiger partial charge in [-0.2, -0.15) is 0 Å². The second-order valence-corrected chi connectivity index (χ2v) is 10.4. The lowest BCUT2D eigenvalue weighted by Crippen LogP contribution is -2.54. The lowest BCUT2D eigenvalue weighted by atomic mass is 9.95. The number of methoxy groups -OCH3 is 2. The van der Waals surface area contributed by atoms with Crippen LogP contribution in [-0.2, 0) is 11.4 Å². The largest absolute Gasteiger partial charge is 0.493 e. The highest BCUT2D eigenvalue weighted by Crippen LogP contribution is 2.39. The van der Waals surface area contributed by atoms with Gasteiger partial charge in [-0.1, -0.05) is 49.9 Å². The molecule has 0 spiro atoms. The first kappa shape index (κ1) is 29.6. The summed E-state index contributed by atoms with van der Waals surface area (Å²) in [5.41, 5.74) is 1.20. The van der Waals surface area contributed by atoms with Crippen LogP contribution >= 0.6 is 11.6 Å². The quantitative estimate of drug-likeness (QED) is 0.375. The highest BCUT2D eigenvalue weighted by molar-refractivity contribution is 6.30. The van der Waals surface area contributed by atoms with Crippen molar-refractivity contribution >= 4 is 23.4 Å². The molecule has 2 N–H and O–H groups in total. The van der Waals surface area contributed by atoms with Crippen molar-refractivity contribution < 1.29 is 23.8 Å². The van der Waals surface area contributed by atoms with Crippen LogP contribution in [0.1, 0.15) is 61.4 Å². The van der Waals surface area contributed by atoms with Crippen LogP contribution in [0.15, 0.2) is 36.4 Å². The average Bonchev–Trinajstić information content (AvgIpc) is 3.41. The Labute approximate surface area is 231 Å². The van der Waals surface area contributed by atoms with Gasteiger partial charge in [0.2, 0.25) is 11.7 Å². The van der Waals surface area contributed by atoms with E-state index in [1.165, 1.54) is 14.2 Å². The van der Waals surface area contributed by atoms with Crippen LogP contribution in [0.5, 0.6) is 17.2 Å². The van der Waals surface area contributed by atoms with Crippen molar-refractivity contribution in [2.45, 2.75) is 63.6 Å². The number of ether oxygens (including phenoxy) is 3. The molecule has 0 saturated heterocycles. The van der Waals surface area contributed by atoms with E-state index in [2.05, 4.69) is 29.6 Å². The van der Waals surface area contributed by atoms with Gasteiger partial charge in [0.25, 0.3) is 5.91 Å². The van der Waals surface area contributed by atoms with Gasteiger partial charge < -0.3 is 29.7 Å². The summed E-state index contributed by atoms with van der Waals surface area (Å²) in [6, 6.07) is 9.86. The van der Waals surface area contributed by atoms with Gasteiger partial charge in [0.1, 0.15) is 12.6 Å². The number of likely N-dealkylation sites (N-methyl/N-ethyl adjacent to an activating group) is 1. The maximum atomic E-state index is 13.3. The highest BCUT2D eigenvalue weighted by Gasteiger charge is 2.36. The normalized spacial score (nSPS) is 15.1. The summed E-state index contributed by atoms with van der Waals surface area (Å²) in [6.45, 7) is 2.82. The fourth-order valence-corrected chi connectivity index (χ4v) is 5.00. The zero-order valence-electron chi connectivity index (χ0n) is 23.1. The molecule has 0 heterocycles. The lowest BCUT2D eigenvalue weighted by molar-refractivity contribution is -0.123. The Morgan fingerprint density at radius 1 is 1.05 bits per heavy atom. The zero-order chi connectivity index (χ0) is 27.7. The Kier molecular flexibility index (Phi) is 10.7. The van der Waals surface area contributed by atoms with E-state index >= 15 is 0 Å². The fraction of sp³-hybridized carbons (Fsp3) is 0.517. The van der Waals surface area contributed by atoms with Crippen LogP contribution in [-0.4, -0.2) is 63.2 Å². The minimum atomic E-state index is -0.647. The number of hydrogen-bond donors (Lipinski definition) is 2. The standard InChI is InChI=1S/C29H40ClN3O5/c1-6-9-23(28(35)31-19-29(33(2)3)14-7-8-15-29)32-27(34)21-16-24(36-4)26(25(17-21)37-5)38-18-20-10-12-22(30)13-11-20/h10-13,16-17,23H,6-9,14-15,18-19H2,1-5H3,(H,31,35)(H,32,34)/t23-/m0/s1. The molecule has 2 aromatic rings. The van der Waals surface area contributed by atoms with Crippen LogP contribution in [0.3, 0.4) is 0 Å². The highest BCUT2D eigenvalue weighted by atomic mass is 35.5. The zero-order valence-corrected chi connectivity index (χ0v) is 23.8. The van der Waals surface area contributed by atoms with Crippen molar-refractivity contribution in [1.29, 1.82) is 0 Å². The van der Waals surface area contributed by atoms with E-state index in [0.717, 1.165) is 37.7 Å². The maximum absolute atomic E-state index is 13.3. The van der Waals surface area contributed by atoms with Gasteiger partial charge in [-0.3, -0.25) is 9.59 Å². The van der Waals surface area contributed by atoms with Crippen LogP contribution in [0.4, 0.5) is 0 Å². The van der Waals surface area contributed by atoms with Crippen LogP contribution in [0, 0.1) is 0 Å². The molecule has 0 aromatic heterocycles. The Hall–Kier alpha value is -2.97. The summed E-state index contributed by atoms with van der Waals surface area (Å²) in [7, 11) is 7.13. The summed E-state index contributed by atoms with van der Waals surface area (Å²) >= 11 is 5.97. The number of hydrogen-bond acceptors (Lipinski definition) is 6. The molecule has 1 fully saturated rings. The number of rotatable bonds is 13. The number of carbonyl (C=O) groups is 2. The van der Waals surface area contributed by atoms with Crippen molar-refractivity contribution in [2.75, 3.05) is 34.9 Å². The monoisotopic (exact) mass is 545 g/mol. The maximum Gasteiger partial charge on any atom is 0.252 e. The minimum Gasteiger partial charge on any atom is -0.493 e. The van der Waals surface area contributed by atoms with Crippen molar-refractivity contribution in [3.05, 3.63) is 52.5 Å². The first-order valence-electron chi connectivity index (χ1n) is 13.1. The third-order valence-electron chi connectivity index (χ3n) is 7.29. The van der Waals surface area contributed by atoms with Crippen molar-refractivity contribution in [3.8, 4) is 17.2 Å². The van der Waals surface area contributed by atoms with Gasteiger partial charge in [0.15, 0.2) is 11.5 Å². The Bertz CT molecular complexity index is 1060. The molecule has 0 bridgehead atoms. The summed E-state index contributed by atoms with van der Waals surface area (Å²) in [4.78, 5) is 28.6. The third kappa shape index (κ3) is 7.32. The molecule has 8 nitrogen and oxygen atoms in total. The number of amides is 2. The summed E-state index contributed by atoms with van der Waals surface area (Å²) in [5.74, 6) is 0.538. The fourth-order valence-electron chi connectivity index (χ4n) is 4.88. The molecule has 1 saturated carbocycles. The molecule has 3 rings (SSSR count). The number of carbonyl (C=O) groups excluding carboxylic acids is 2. The number of nitrogens with one attached hydrogen (secondary N) is 2. The van der Waals surface area contributed by atoms with E-state index in [1.54, 1.807) is 24.3 Å². The molecule has 0 unspecified atom stereocenters. The Morgan fingerprint density at radius 2 is 1.66 bits per heavy atom. The van der Waals surface area contributed by atoms with Crippen LogP contribution in [0.25, 0.3) is 0 Å². The Balaban J connectivity index is 1.72. The van der Waals surface area contributed by atoms with Gasteiger partial charge in [0, 0.05) is 22.7 Å². The average molecular weight is 546 g/mol. The predicted octanol–water partition coefficient (Wildman–Crippen LogP) is 4.83. The number of halogens is 1. The second-order valence-electron chi connectivity index (χ2n) is 9.98. The van der Waals surface area contributed by atoms with Crippen LogP contribution < -0.4 is 24.8 Å². The SMILES string of the molecule is CCC[C@H](NC(=O)c1cc(OC)c(OCc2ccc(Cl)cc2)c(OC)c1)C(=O)NCC1(N(C)C)CCCC1. The van der Waals surface area contributed by atoms with Crippen LogP contribution in [0.2, 0.25) is 5.02 Å². The molecule has 1 atom stereocenters. The van der Waals surface area contributed by atoms with Gasteiger partial charge in [-0.05, 0) is 63.2 Å². The first-order chi connectivity index (χ1) is 18.2. The van der Waals surface area contributed by atoms with E-state index in [0.29, 0.717) is 40.8 Å². The third-order valence-corrected chi connectivity index (χ3v) is 7.54. The molecule has 9 heteroatoms. The topological polar surface area (TPSA) is 89.1 Å². The number of benzene rings is 2. The molecule has 38 heavy (non-hydrogen) atoms. The van der Waals surface area contributed by atoms with E-state index in [9.17, 15) is 9.59 Å². The van der Waals surface area contributed by atoms with Gasteiger partial charge >= 0.3 is 0 Å². The van der Waals surface area contributed by atoms with Crippen molar-refractivity contribution in [3.63, 3.8) is 0 Å². The lowest BCUT2D eigenvalue weighted by Gasteiger charge is -2.37. The summed E-state index contributed by atoms with van der Waals surface area (Å²) in [5, 5.41) is 6.66. The minimum absolute atomic E-state index is 0.0288. The van der Waals surface area contributed by atoms with E-state index in [-0.39, 0.29) is 24.0 Å². The van der Waals surface area contributed by atoms with E-state index in [1.807, 2.05) is 19.1 Å². The molecule has 1 aliphatic rings. The van der Waals surface area contributed by atoms with Gasteiger partial charge in [-0.15, -0.1) is 0 Å². The molecular formula is C29H40ClN3O5. The molecule has 208 valence electrons. The predicted molar refractivity (Wildman–Crippen MR) is 149 cm³/mol.